The maximum absolute atomic E-state index is 11.1. The van der Waals surface area contributed by atoms with Gasteiger partial charge in [-0.15, -0.1) is 0 Å². The van der Waals surface area contributed by atoms with Gasteiger partial charge in [-0.25, -0.2) is 4.79 Å². The van der Waals surface area contributed by atoms with E-state index in [1.807, 2.05) is 13.8 Å². The fourth-order valence-corrected chi connectivity index (χ4v) is 1.58. The largest absolute Gasteiger partial charge is 0.493 e. The van der Waals surface area contributed by atoms with Crippen molar-refractivity contribution in [2.24, 2.45) is 0 Å². The van der Waals surface area contributed by atoms with E-state index in [4.69, 9.17) is 13.9 Å². The Hall–Kier alpha value is -1.97. The second-order valence-corrected chi connectivity index (χ2v) is 3.96. The van der Waals surface area contributed by atoms with E-state index in [9.17, 15) is 4.79 Å². The van der Waals surface area contributed by atoms with Gasteiger partial charge in [-0.2, -0.15) is 0 Å². The van der Waals surface area contributed by atoms with Gasteiger partial charge in [0, 0.05) is 17.5 Å². The summed E-state index contributed by atoms with van der Waals surface area (Å²) in [5, 5.41) is 0.807. The van der Waals surface area contributed by atoms with Crippen LogP contribution in [-0.2, 0) is 0 Å². The number of hydrogen-bond acceptors (Lipinski definition) is 4. The highest BCUT2D eigenvalue weighted by Crippen LogP contribution is 2.32. The molecule has 2 rings (SSSR count). The summed E-state index contributed by atoms with van der Waals surface area (Å²) in [6.07, 6.45) is 0.0528. The maximum atomic E-state index is 11.1. The zero-order chi connectivity index (χ0) is 12.4. The zero-order valence-electron chi connectivity index (χ0n) is 10.0. The van der Waals surface area contributed by atoms with Crippen molar-refractivity contribution in [2.75, 3.05) is 7.11 Å². The summed E-state index contributed by atoms with van der Waals surface area (Å²) in [5.74, 6) is 1.20. The molecule has 1 aromatic carbocycles. The van der Waals surface area contributed by atoms with E-state index in [0.29, 0.717) is 17.1 Å². The Balaban J connectivity index is 2.60. The van der Waals surface area contributed by atoms with Crippen LogP contribution >= 0.6 is 0 Å². The molecule has 0 saturated heterocycles. The molecule has 0 aliphatic carbocycles. The van der Waals surface area contributed by atoms with Gasteiger partial charge in [-0.05, 0) is 26.0 Å². The van der Waals surface area contributed by atoms with Gasteiger partial charge in [-0.1, -0.05) is 0 Å². The van der Waals surface area contributed by atoms with Crippen molar-refractivity contribution >= 4 is 11.0 Å². The summed E-state index contributed by atoms with van der Waals surface area (Å²) in [7, 11) is 1.55. The fraction of sp³-hybridized carbons (Fsp3) is 0.308. The average Bonchev–Trinajstić information content (AvgIpc) is 2.28. The van der Waals surface area contributed by atoms with E-state index >= 15 is 0 Å². The molecule has 0 N–H and O–H groups in total. The van der Waals surface area contributed by atoms with Crippen LogP contribution < -0.4 is 15.1 Å². The lowest BCUT2D eigenvalue weighted by atomic mass is 10.2. The van der Waals surface area contributed by atoms with Gasteiger partial charge in [0.25, 0.3) is 0 Å². The molecule has 2 aromatic rings. The SMILES string of the molecule is COc1cc2oc(=O)ccc2cc1OC(C)C. The summed E-state index contributed by atoms with van der Waals surface area (Å²) >= 11 is 0. The lowest BCUT2D eigenvalue weighted by Crippen LogP contribution is -2.07. The van der Waals surface area contributed by atoms with Crippen molar-refractivity contribution in [3.63, 3.8) is 0 Å². The molecule has 0 aliphatic rings. The van der Waals surface area contributed by atoms with Crippen molar-refractivity contribution in [3.8, 4) is 11.5 Å². The van der Waals surface area contributed by atoms with Gasteiger partial charge < -0.3 is 13.9 Å². The molecule has 0 bridgehead atoms. The van der Waals surface area contributed by atoms with Crippen LogP contribution in [0.5, 0.6) is 11.5 Å². The Morgan fingerprint density at radius 3 is 2.59 bits per heavy atom. The standard InChI is InChI=1S/C13H14O4/c1-8(2)16-12-6-9-4-5-13(14)17-10(9)7-11(12)15-3/h4-8H,1-3H3. The third-order valence-corrected chi connectivity index (χ3v) is 2.27. The third kappa shape index (κ3) is 2.41. The summed E-state index contributed by atoms with van der Waals surface area (Å²) < 4.78 is 15.9. The summed E-state index contributed by atoms with van der Waals surface area (Å²) in [4.78, 5) is 11.1. The first-order chi connectivity index (χ1) is 8.10. The van der Waals surface area contributed by atoms with Crippen LogP contribution in [0.1, 0.15) is 13.8 Å². The van der Waals surface area contributed by atoms with Gasteiger partial charge >= 0.3 is 5.63 Å². The Morgan fingerprint density at radius 2 is 1.94 bits per heavy atom. The lowest BCUT2D eigenvalue weighted by molar-refractivity contribution is 0.230. The molecule has 4 nitrogen and oxygen atoms in total. The molecular formula is C13H14O4. The molecule has 0 aliphatic heterocycles. The fourth-order valence-electron chi connectivity index (χ4n) is 1.58. The number of hydrogen-bond donors (Lipinski definition) is 0. The molecule has 0 saturated carbocycles. The van der Waals surface area contributed by atoms with Crippen molar-refractivity contribution in [1.82, 2.24) is 0 Å². The highest BCUT2D eigenvalue weighted by molar-refractivity contribution is 5.80. The Kier molecular flexibility index (Phi) is 3.04. The number of fused-ring (bicyclic) bond motifs is 1. The minimum atomic E-state index is -0.378. The molecular weight excluding hydrogens is 220 g/mol. The second kappa shape index (κ2) is 4.49. The number of rotatable bonds is 3. The first kappa shape index (κ1) is 11.5. The van der Waals surface area contributed by atoms with Crippen molar-refractivity contribution in [1.29, 1.82) is 0 Å². The third-order valence-electron chi connectivity index (χ3n) is 2.27. The van der Waals surface area contributed by atoms with E-state index < -0.39 is 0 Å². The predicted octanol–water partition coefficient (Wildman–Crippen LogP) is 2.59. The molecule has 0 spiro atoms. The van der Waals surface area contributed by atoms with Gasteiger partial charge in [0.2, 0.25) is 0 Å². The van der Waals surface area contributed by atoms with E-state index in [-0.39, 0.29) is 11.7 Å². The summed E-state index contributed by atoms with van der Waals surface area (Å²) in [5.41, 5.74) is 0.113. The Bertz CT molecular complexity index is 583. The lowest BCUT2D eigenvalue weighted by Gasteiger charge is -2.13. The van der Waals surface area contributed by atoms with Crippen molar-refractivity contribution < 1.29 is 13.9 Å². The van der Waals surface area contributed by atoms with Gasteiger partial charge in [0.1, 0.15) is 5.58 Å². The van der Waals surface area contributed by atoms with Crippen LogP contribution in [0.2, 0.25) is 0 Å². The van der Waals surface area contributed by atoms with Crippen molar-refractivity contribution in [2.45, 2.75) is 20.0 Å². The minimum absolute atomic E-state index is 0.0528. The number of benzene rings is 1. The molecule has 0 fully saturated rings. The number of ether oxygens (including phenoxy) is 2. The van der Waals surface area contributed by atoms with Crippen LogP contribution in [0.4, 0.5) is 0 Å². The van der Waals surface area contributed by atoms with Crippen LogP contribution in [0.15, 0.2) is 33.5 Å². The van der Waals surface area contributed by atoms with E-state index in [1.54, 1.807) is 25.3 Å². The Labute approximate surface area is 98.8 Å². The molecule has 1 heterocycles. The van der Waals surface area contributed by atoms with Crippen LogP contribution in [0.3, 0.4) is 0 Å². The predicted molar refractivity (Wildman–Crippen MR) is 64.8 cm³/mol. The average molecular weight is 234 g/mol. The minimum Gasteiger partial charge on any atom is -0.493 e. The summed E-state index contributed by atoms with van der Waals surface area (Å²) in [6.45, 7) is 3.88. The van der Waals surface area contributed by atoms with Gasteiger partial charge in [0.05, 0.1) is 13.2 Å². The molecule has 0 radical (unpaired) electrons. The maximum Gasteiger partial charge on any atom is 0.336 e. The second-order valence-electron chi connectivity index (χ2n) is 3.96. The zero-order valence-corrected chi connectivity index (χ0v) is 10.0. The topological polar surface area (TPSA) is 48.7 Å². The molecule has 90 valence electrons. The molecule has 0 amide bonds. The Morgan fingerprint density at radius 1 is 1.18 bits per heavy atom. The van der Waals surface area contributed by atoms with Crippen molar-refractivity contribution in [3.05, 3.63) is 34.7 Å². The molecule has 0 unspecified atom stereocenters. The first-order valence-electron chi connectivity index (χ1n) is 5.38. The van der Waals surface area contributed by atoms with E-state index in [0.717, 1.165) is 5.39 Å². The van der Waals surface area contributed by atoms with E-state index in [1.165, 1.54) is 6.07 Å². The smallest absolute Gasteiger partial charge is 0.336 e. The monoisotopic (exact) mass is 234 g/mol. The highest BCUT2D eigenvalue weighted by atomic mass is 16.5. The molecule has 1 aromatic heterocycles. The quantitative estimate of drug-likeness (QED) is 0.766. The number of methoxy groups -OCH3 is 1. The van der Waals surface area contributed by atoms with Crippen LogP contribution in [0.25, 0.3) is 11.0 Å². The normalized spacial score (nSPS) is 10.8. The van der Waals surface area contributed by atoms with E-state index in [2.05, 4.69) is 0 Å². The molecule has 17 heavy (non-hydrogen) atoms. The first-order valence-corrected chi connectivity index (χ1v) is 5.38. The highest BCUT2D eigenvalue weighted by Gasteiger charge is 2.09. The van der Waals surface area contributed by atoms with Gasteiger partial charge in [0.15, 0.2) is 11.5 Å². The van der Waals surface area contributed by atoms with Crippen LogP contribution in [-0.4, -0.2) is 13.2 Å². The summed E-state index contributed by atoms with van der Waals surface area (Å²) in [6, 6.07) is 6.55. The molecule has 4 heteroatoms. The molecule has 0 atom stereocenters. The van der Waals surface area contributed by atoms with Crippen LogP contribution in [0, 0.1) is 0 Å². The van der Waals surface area contributed by atoms with Gasteiger partial charge in [-0.3, -0.25) is 0 Å².